The van der Waals surface area contributed by atoms with Crippen LogP contribution in [0.1, 0.15) is 26.3 Å². The quantitative estimate of drug-likeness (QED) is 0.594. The molecule has 32 heavy (non-hydrogen) atoms. The molecule has 0 aliphatic heterocycles. The summed E-state index contributed by atoms with van der Waals surface area (Å²) in [5, 5.41) is 3.30. The third-order valence-corrected chi connectivity index (χ3v) is 4.46. The first-order valence-electron chi connectivity index (χ1n) is 10.2. The highest BCUT2D eigenvalue weighted by Gasteiger charge is 2.22. The fourth-order valence-corrected chi connectivity index (χ4v) is 2.89. The number of carbonyl (C=O) groups is 1. The number of methoxy groups -OCH3 is 1. The van der Waals surface area contributed by atoms with Crippen molar-refractivity contribution in [3.8, 4) is 17.0 Å². The van der Waals surface area contributed by atoms with Crippen LogP contribution in [0.2, 0.25) is 0 Å². The van der Waals surface area contributed by atoms with E-state index >= 15 is 0 Å². The highest BCUT2D eigenvalue weighted by Crippen LogP contribution is 2.21. The summed E-state index contributed by atoms with van der Waals surface area (Å²) in [6.45, 7) is 6.10. The number of benzene rings is 1. The van der Waals surface area contributed by atoms with Crippen molar-refractivity contribution in [2.24, 2.45) is 0 Å². The molecule has 9 nitrogen and oxygen atoms in total. The zero-order valence-corrected chi connectivity index (χ0v) is 19.0. The first kappa shape index (κ1) is 22.9. The SMILES string of the molecule is COc1ccccc1CCNc1cc(-c2cnc(N(C)C(=O)OC(C)(C)C)nc2)ncn1. The zero-order chi connectivity index (χ0) is 23.1. The Balaban J connectivity index is 1.64. The number of nitrogens with one attached hydrogen (secondary N) is 1. The third-order valence-electron chi connectivity index (χ3n) is 4.46. The van der Waals surface area contributed by atoms with Gasteiger partial charge in [-0.05, 0) is 38.8 Å². The maximum atomic E-state index is 12.2. The van der Waals surface area contributed by atoms with Crippen molar-refractivity contribution in [1.29, 1.82) is 0 Å². The van der Waals surface area contributed by atoms with E-state index in [1.54, 1.807) is 47.3 Å². The summed E-state index contributed by atoms with van der Waals surface area (Å²) in [6.07, 6.45) is 4.99. The maximum absolute atomic E-state index is 12.2. The van der Waals surface area contributed by atoms with Gasteiger partial charge in [-0.1, -0.05) is 18.2 Å². The fraction of sp³-hybridized carbons (Fsp3) is 0.348. The predicted octanol–water partition coefficient (Wildman–Crippen LogP) is 3.97. The molecule has 168 valence electrons. The zero-order valence-electron chi connectivity index (χ0n) is 19.0. The average Bonchev–Trinajstić information content (AvgIpc) is 2.78. The lowest BCUT2D eigenvalue weighted by molar-refractivity contribution is 0.0587. The van der Waals surface area contributed by atoms with Crippen LogP contribution in [0.15, 0.2) is 49.1 Å². The topological polar surface area (TPSA) is 102 Å². The van der Waals surface area contributed by atoms with Gasteiger partial charge in [0.05, 0.1) is 12.8 Å². The predicted molar refractivity (Wildman–Crippen MR) is 123 cm³/mol. The Bertz CT molecular complexity index is 1050. The number of aromatic nitrogens is 4. The molecular weight excluding hydrogens is 408 g/mol. The Morgan fingerprint density at radius 2 is 1.81 bits per heavy atom. The maximum Gasteiger partial charge on any atom is 0.416 e. The first-order valence-corrected chi connectivity index (χ1v) is 10.2. The molecule has 3 aromatic rings. The monoisotopic (exact) mass is 436 g/mol. The lowest BCUT2D eigenvalue weighted by atomic mass is 10.1. The molecule has 0 aliphatic carbocycles. The van der Waals surface area contributed by atoms with Crippen LogP contribution < -0.4 is 15.0 Å². The smallest absolute Gasteiger partial charge is 0.416 e. The van der Waals surface area contributed by atoms with Crippen molar-refractivity contribution < 1.29 is 14.3 Å². The number of hydrogen-bond donors (Lipinski definition) is 1. The van der Waals surface area contributed by atoms with E-state index in [1.807, 2.05) is 30.3 Å². The molecule has 0 bridgehead atoms. The van der Waals surface area contributed by atoms with Crippen LogP contribution in [0.5, 0.6) is 5.75 Å². The van der Waals surface area contributed by atoms with Crippen molar-refractivity contribution >= 4 is 17.9 Å². The van der Waals surface area contributed by atoms with Crippen LogP contribution in [0, 0.1) is 0 Å². The van der Waals surface area contributed by atoms with E-state index in [2.05, 4.69) is 25.3 Å². The average molecular weight is 437 g/mol. The van der Waals surface area contributed by atoms with Crippen LogP contribution in [-0.4, -0.2) is 52.3 Å². The number of carbonyl (C=O) groups excluding carboxylic acids is 1. The molecule has 0 radical (unpaired) electrons. The number of hydrogen-bond acceptors (Lipinski definition) is 8. The second-order valence-corrected chi connectivity index (χ2v) is 8.09. The van der Waals surface area contributed by atoms with Gasteiger partial charge in [0.1, 0.15) is 23.5 Å². The fourth-order valence-electron chi connectivity index (χ4n) is 2.89. The van der Waals surface area contributed by atoms with Crippen LogP contribution in [0.3, 0.4) is 0 Å². The second kappa shape index (κ2) is 10.0. The lowest BCUT2D eigenvalue weighted by Crippen LogP contribution is -2.35. The minimum atomic E-state index is -0.596. The van der Waals surface area contributed by atoms with Crippen molar-refractivity contribution in [1.82, 2.24) is 19.9 Å². The molecule has 1 aromatic carbocycles. The summed E-state index contributed by atoms with van der Waals surface area (Å²) in [5.41, 5.74) is 1.91. The number of rotatable bonds is 7. The Kier molecular flexibility index (Phi) is 7.19. The second-order valence-electron chi connectivity index (χ2n) is 8.09. The summed E-state index contributed by atoms with van der Waals surface area (Å²) < 4.78 is 10.7. The van der Waals surface area contributed by atoms with E-state index in [0.717, 1.165) is 17.7 Å². The minimum absolute atomic E-state index is 0.243. The van der Waals surface area contributed by atoms with Gasteiger partial charge in [-0.25, -0.2) is 29.6 Å². The normalized spacial score (nSPS) is 11.0. The summed E-state index contributed by atoms with van der Waals surface area (Å²) in [4.78, 5) is 30.6. The van der Waals surface area contributed by atoms with E-state index in [4.69, 9.17) is 9.47 Å². The van der Waals surface area contributed by atoms with Gasteiger partial charge in [0.25, 0.3) is 0 Å². The summed E-state index contributed by atoms with van der Waals surface area (Å²) in [5.74, 6) is 1.80. The molecule has 1 amide bonds. The van der Waals surface area contributed by atoms with Gasteiger partial charge in [-0.15, -0.1) is 0 Å². The first-order chi connectivity index (χ1) is 15.3. The largest absolute Gasteiger partial charge is 0.496 e. The molecular formula is C23H28N6O3. The molecule has 1 N–H and O–H groups in total. The molecule has 0 saturated carbocycles. The van der Waals surface area contributed by atoms with Gasteiger partial charge in [-0.2, -0.15) is 0 Å². The molecule has 3 rings (SSSR count). The van der Waals surface area contributed by atoms with E-state index in [9.17, 15) is 4.79 Å². The van der Waals surface area contributed by atoms with Crippen LogP contribution in [0.4, 0.5) is 16.6 Å². The number of nitrogens with zero attached hydrogens (tertiary/aromatic N) is 5. The Morgan fingerprint density at radius 3 is 2.50 bits per heavy atom. The summed E-state index contributed by atoms with van der Waals surface area (Å²) in [7, 11) is 3.24. The molecule has 0 aliphatic rings. The third kappa shape index (κ3) is 6.13. The van der Waals surface area contributed by atoms with Crippen LogP contribution >= 0.6 is 0 Å². The van der Waals surface area contributed by atoms with Crippen LogP contribution in [0.25, 0.3) is 11.3 Å². The molecule has 2 heterocycles. The molecule has 0 spiro atoms. The van der Waals surface area contributed by atoms with Gasteiger partial charge >= 0.3 is 6.09 Å². The molecule has 0 fully saturated rings. The molecule has 9 heteroatoms. The molecule has 0 unspecified atom stereocenters. The number of para-hydroxylation sites is 1. The number of ether oxygens (including phenoxy) is 2. The molecule has 2 aromatic heterocycles. The van der Waals surface area contributed by atoms with E-state index in [0.29, 0.717) is 23.6 Å². The van der Waals surface area contributed by atoms with Crippen LogP contribution in [-0.2, 0) is 11.2 Å². The number of amides is 1. The Morgan fingerprint density at radius 1 is 1.09 bits per heavy atom. The van der Waals surface area contributed by atoms with Crippen molar-refractivity contribution in [3.05, 3.63) is 54.6 Å². The van der Waals surface area contributed by atoms with Gasteiger partial charge in [0.15, 0.2) is 0 Å². The van der Waals surface area contributed by atoms with Gasteiger partial charge in [0.2, 0.25) is 5.95 Å². The minimum Gasteiger partial charge on any atom is -0.496 e. The van der Waals surface area contributed by atoms with Gasteiger partial charge in [-0.3, -0.25) is 0 Å². The van der Waals surface area contributed by atoms with E-state index in [1.165, 1.54) is 11.2 Å². The Hall–Kier alpha value is -3.75. The van der Waals surface area contributed by atoms with Gasteiger partial charge in [0, 0.05) is 37.6 Å². The lowest BCUT2D eigenvalue weighted by Gasteiger charge is -2.23. The van der Waals surface area contributed by atoms with E-state index < -0.39 is 11.7 Å². The van der Waals surface area contributed by atoms with E-state index in [-0.39, 0.29) is 5.95 Å². The summed E-state index contributed by atoms with van der Waals surface area (Å²) in [6, 6.07) is 9.76. The Labute approximate surface area is 187 Å². The van der Waals surface area contributed by atoms with Crippen molar-refractivity contribution in [2.45, 2.75) is 32.8 Å². The number of anilines is 2. The standard InChI is InChI=1S/C23H28N6O3/c1-23(2,3)32-22(30)29(4)21-25-13-17(14-26-21)18-12-20(28-15-27-18)24-11-10-16-8-6-7-9-19(16)31-5/h6-9,12-15H,10-11H2,1-5H3,(H,24,27,28). The van der Waals surface area contributed by atoms with Gasteiger partial charge < -0.3 is 14.8 Å². The molecule has 0 atom stereocenters. The highest BCUT2D eigenvalue weighted by atomic mass is 16.6. The van der Waals surface area contributed by atoms with Crippen molar-refractivity contribution in [3.63, 3.8) is 0 Å². The van der Waals surface area contributed by atoms with Crippen molar-refractivity contribution in [2.75, 3.05) is 30.9 Å². The summed E-state index contributed by atoms with van der Waals surface area (Å²) >= 11 is 0. The highest BCUT2D eigenvalue weighted by molar-refractivity contribution is 5.85. The molecule has 0 saturated heterocycles.